The summed E-state index contributed by atoms with van der Waals surface area (Å²) in [6.07, 6.45) is -0.465. The summed E-state index contributed by atoms with van der Waals surface area (Å²) in [6, 6.07) is 4.10. The fourth-order valence-electron chi connectivity index (χ4n) is 1.65. The van der Waals surface area contributed by atoms with E-state index in [9.17, 15) is 9.18 Å². The minimum atomic E-state index is -0.644. The van der Waals surface area contributed by atoms with E-state index in [0.717, 1.165) is 5.56 Å². The van der Waals surface area contributed by atoms with E-state index in [2.05, 4.69) is 10.6 Å². The minimum Gasteiger partial charge on any atom is -0.505 e. The standard InChI is InChI=1S/C15H23FN2O3/c1-10(18-14(20)21-15(2,3)4)8-17-9-11-5-6-13(19)12(16)7-11/h5-7,10,17,19H,8-9H2,1-4H3,(H,18,20). The van der Waals surface area contributed by atoms with Gasteiger partial charge in [0.2, 0.25) is 0 Å². The highest BCUT2D eigenvalue weighted by atomic mass is 19.1. The van der Waals surface area contributed by atoms with Crippen LogP contribution in [0, 0.1) is 5.82 Å². The summed E-state index contributed by atoms with van der Waals surface area (Å²) in [5.41, 5.74) is 0.190. The molecule has 21 heavy (non-hydrogen) atoms. The van der Waals surface area contributed by atoms with Gasteiger partial charge in [0.15, 0.2) is 11.6 Å². The second kappa shape index (κ2) is 7.26. The SMILES string of the molecule is CC(CNCc1ccc(O)c(F)c1)NC(=O)OC(C)(C)C. The van der Waals surface area contributed by atoms with E-state index in [1.807, 2.05) is 6.92 Å². The summed E-state index contributed by atoms with van der Waals surface area (Å²) in [7, 11) is 0. The van der Waals surface area contributed by atoms with Crippen LogP contribution in [-0.2, 0) is 11.3 Å². The number of nitrogens with one attached hydrogen (secondary N) is 2. The maximum absolute atomic E-state index is 13.1. The molecule has 1 unspecified atom stereocenters. The van der Waals surface area contributed by atoms with Crippen LogP contribution in [0.15, 0.2) is 18.2 Å². The molecule has 0 saturated heterocycles. The lowest BCUT2D eigenvalue weighted by molar-refractivity contribution is 0.0508. The third-order valence-electron chi connectivity index (χ3n) is 2.55. The van der Waals surface area contributed by atoms with Gasteiger partial charge >= 0.3 is 6.09 Å². The highest BCUT2D eigenvalue weighted by Crippen LogP contribution is 2.15. The first-order valence-corrected chi connectivity index (χ1v) is 6.85. The normalized spacial score (nSPS) is 12.8. The predicted octanol–water partition coefficient (Wildman–Crippen LogP) is 2.53. The molecule has 0 aliphatic rings. The second-order valence-electron chi connectivity index (χ2n) is 5.96. The molecule has 0 radical (unpaired) electrons. The van der Waals surface area contributed by atoms with Gasteiger partial charge in [0.25, 0.3) is 0 Å². The molecule has 0 fully saturated rings. The van der Waals surface area contributed by atoms with Crippen molar-refractivity contribution in [2.24, 2.45) is 0 Å². The number of phenolic OH excluding ortho intramolecular Hbond substituents is 1. The summed E-state index contributed by atoms with van der Waals surface area (Å²) in [4.78, 5) is 11.5. The Balaban J connectivity index is 2.31. The molecule has 5 nitrogen and oxygen atoms in total. The quantitative estimate of drug-likeness (QED) is 0.781. The van der Waals surface area contributed by atoms with Crippen molar-refractivity contribution < 1.29 is 19.0 Å². The molecule has 118 valence electrons. The Hall–Kier alpha value is -1.82. The zero-order chi connectivity index (χ0) is 16.0. The van der Waals surface area contributed by atoms with Crippen LogP contribution in [0.5, 0.6) is 5.75 Å². The summed E-state index contributed by atoms with van der Waals surface area (Å²) in [6.45, 7) is 8.20. The number of amides is 1. The van der Waals surface area contributed by atoms with E-state index in [0.29, 0.717) is 13.1 Å². The summed E-state index contributed by atoms with van der Waals surface area (Å²) in [5, 5.41) is 14.9. The van der Waals surface area contributed by atoms with E-state index in [4.69, 9.17) is 9.84 Å². The minimum absolute atomic E-state index is 0.123. The van der Waals surface area contributed by atoms with Crippen LogP contribution in [0.25, 0.3) is 0 Å². The predicted molar refractivity (Wildman–Crippen MR) is 78.6 cm³/mol. The molecule has 0 heterocycles. The van der Waals surface area contributed by atoms with Gasteiger partial charge in [0.05, 0.1) is 0 Å². The van der Waals surface area contributed by atoms with Gasteiger partial charge in [-0.3, -0.25) is 0 Å². The maximum Gasteiger partial charge on any atom is 0.407 e. The molecule has 0 saturated carbocycles. The van der Waals surface area contributed by atoms with E-state index in [-0.39, 0.29) is 11.8 Å². The number of halogens is 1. The Morgan fingerprint density at radius 3 is 2.67 bits per heavy atom. The monoisotopic (exact) mass is 298 g/mol. The molecule has 1 aromatic carbocycles. The van der Waals surface area contributed by atoms with Crippen LogP contribution < -0.4 is 10.6 Å². The molecule has 3 N–H and O–H groups in total. The largest absolute Gasteiger partial charge is 0.505 e. The molecule has 0 aliphatic heterocycles. The van der Waals surface area contributed by atoms with Gasteiger partial charge in [0, 0.05) is 19.1 Å². The number of hydrogen-bond donors (Lipinski definition) is 3. The molecule has 1 atom stereocenters. The van der Waals surface area contributed by atoms with Crippen molar-refractivity contribution in [2.45, 2.75) is 45.9 Å². The van der Waals surface area contributed by atoms with Crippen molar-refractivity contribution in [3.05, 3.63) is 29.6 Å². The third kappa shape index (κ3) is 6.94. The van der Waals surface area contributed by atoms with Gasteiger partial charge in [-0.25, -0.2) is 9.18 Å². The molecule has 1 amide bonds. The third-order valence-corrected chi connectivity index (χ3v) is 2.55. The maximum atomic E-state index is 13.1. The van der Waals surface area contributed by atoms with Crippen molar-refractivity contribution in [3.63, 3.8) is 0 Å². The topological polar surface area (TPSA) is 70.6 Å². The molecule has 0 aliphatic carbocycles. The molecule has 1 rings (SSSR count). The number of phenols is 1. The average molecular weight is 298 g/mol. The summed E-state index contributed by atoms with van der Waals surface area (Å²) < 4.78 is 18.3. The van der Waals surface area contributed by atoms with Gasteiger partial charge in [0.1, 0.15) is 5.60 Å². The molecule has 0 aromatic heterocycles. The van der Waals surface area contributed by atoms with E-state index in [1.54, 1.807) is 26.8 Å². The first kappa shape index (κ1) is 17.2. The van der Waals surface area contributed by atoms with Gasteiger partial charge < -0.3 is 20.5 Å². The number of benzene rings is 1. The van der Waals surface area contributed by atoms with E-state index in [1.165, 1.54) is 12.1 Å². The lowest BCUT2D eigenvalue weighted by atomic mass is 10.2. The van der Waals surface area contributed by atoms with Crippen LogP contribution in [0.1, 0.15) is 33.3 Å². The number of rotatable bonds is 5. The van der Waals surface area contributed by atoms with Crippen LogP contribution in [0.4, 0.5) is 9.18 Å². The van der Waals surface area contributed by atoms with Gasteiger partial charge in [-0.15, -0.1) is 0 Å². The first-order chi connectivity index (χ1) is 9.67. The van der Waals surface area contributed by atoms with Crippen LogP contribution in [0.2, 0.25) is 0 Å². The molecule has 1 aromatic rings. The molecular weight excluding hydrogens is 275 g/mol. The van der Waals surface area contributed by atoms with Crippen molar-refractivity contribution >= 4 is 6.09 Å². The van der Waals surface area contributed by atoms with Crippen LogP contribution in [0.3, 0.4) is 0 Å². The van der Waals surface area contributed by atoms with Crippen LogP contribution >= 0.6 is 0 Å². The highest BCUT2D eigenvalue weighted by molar-refractivity contribution is 5.68. The lowest BCUT2D eigenvalue weighted by Gasteiger charge is -2.22. The Morgan fingerprint density at radius 1 is 1.43 bits per heavy atom. The van der Waals surface area contributed by atoms with Gasteiger partial charge in [-0.1, -0.05) is 6.07 Å². The molecule has 0 bridgehead atoms. The number of alkyl carbamates (subject to hydrolysis) is 1. The van der Waals surface area contributed by atoms with E-state index >= 15 is 0 Å². The van der Waals surface area contributed by atoms with E-state index < -0.39 is 17.5 Å². The van der Waals surface area contributed by atoms with Crippen molar-refractivity contribution in [2.75, 3.05) is 6.54 Å². The van der Waals surface area contributed by atoms with Gasteiger partial charge in [-0.2, -0.15) is 0 Å². The summed E-state index contributed by atoms with van der Waals surface area (Å²) >= 11 is 0. The number of carbonyl (C=O) groups is 1. The number of hydrogen-bond acceptors (Lipinski definition) is 4. The Bertz CT molecular complexity index is 486. The smallest absolute Gasteiger partial charge is 0.407 e. The Morgan fingerprint density at radius 2 is 2.10 bits per heavy atom. The fourth-order valence-corrected chi connectivity index (χ4v) is 1.65. The summed E-state index contributed by atoms with van der Waals surface area (Å²) in [5.74, 6) is -1.01. The Kier molecular flexibility index (Phi) is 5.96. The van der Waals surface area contributed by atoms with Crippen molar-refractivity contribution in [3.8, 4) is 5.75 Å². The number of carbonyl (C=O) groups excluding carboxylic acids is 1. The van der Waals surface area contributed by atoms with Crippen molar-refractivity contribution in [1.82, 2.24) is 10.6 Å². The highest BCUT2D eigenvalue weighted by Gasteiger charge is 2.17. The zero-order valence-electron chi connectivity index (χ0n) is 12.9. The van der Waals surface area contributed by atoms with Crippen LogP contribution in [-0.4, -0.2) is 29.4 Å². The fraction of sp³-hybridized carbons (Fsp3) is 0.533. The Labute approximate surface area is 124 Å². The molecule has 0 spiro atoms. The van der Waals surface area contributed by atoms with Crippen molar-refractivity contribution in [1.29, 1.82) is 0 Å². The number of aromatic hydroxyl groups is 1. The van der Waals surface area contributed by atoms with Gasteiger partial charge in [-0.05, 0) is 45.4 Å². The second-order valence-corrected chi connectivity index (χ2v) is 5.96. The zero-order valence-corrected chi connectivity index (χ0v) is 12.9. The molecular formula is C15H23FN2O3. The molecule has 6 heteroatoms. The lowest BCUT2D eigenvalue weighted by Crippen LogP contribution is -2.42. The number of ether oxygens (including phenoxy) is 1. The first-order valence-electron chi connectivity index (χ1n) is 6.85. The average Bonchev–Trinajstić information content (AvgIpc) is 2.31.